The Hall–Kier alpha value is -3.12. The average Bonchev–Trinajstić information content (AvgIpc) is 2.78. The number of para-hydroxylation sites is 1. The van der Waals surface area contributed by atoms with Crippen LogP contribution >= 0.6 is 0 Å². The number of amides is 1. The number of nitrogens with zero attached hydrogens (tertiary/aromatic N) is 1. The minimum Gasteiger partial charge on any atom is -0.348 e. The van der Waals surface area contributed by atoms with Crippen molar-refractivity contribution >= 4 is 21.6 Å². The fraction of sp³-hybridized carbons (Fsp3) is 0.296. The first kappa shape index (κ1) is 24.5. The highest BCUT2D eigenvalue weighted by molar-refractivity contribution is 7.92. The zero-order valence-corrected chi connectivity index (χ0v) is 20.7. The molecule has 0 fully saturated rings. The van der Waals surface area contributed by atoms with Gasteiger partial charge in [0.05, 0.1) is 16.6 Å². The standard InChI is InChI=1S/C27H32N2O3S/c1-20-11-9-10-14-25(20)29(33(31,32)24-12-7-6-8-13-24)19-26(30)28-21(2)22-15-17-23(18-16-22)27(3,4)5/h6-18,21H,19H2,1-5H3,(H,28,30). The van der Waals surface area contributed by atoms with Gasteiger partial charge in [0.15, 0.2) is 0 Å². The van der Waals surface area contributed by atoms with Gasteiger partial charge >= 0.3 is 0 Å². The van der Waals surface area contributed by atoms with E-state index in [4.69, 9.17) is 0 Å². The molecule has 0 aliphatic carbocycles. The van der Waals surface area contributed by atoms with Crippen LogP contribution in [0.2, 0.25) is 0 Å². The molecule has 0 spiro atoms. The van der Waals surface area contributed by atoms with E-state index in [1.54, 1.807) is 30.3 Å². The molecule has 0 heterocycles. The van der Waals surface area contributed by atoms with Gasteiger partial charge in [-0.05, 0) is 54.2 Å². The zero-order valence-electron chi connectivity index (χ0n) is 19.9. The van der Waals surface area contributed by atoms with Crippen LogP contribution in [0, 0.1) is 6.92 Å². The van der Waals surface area contributed by atoms with E-state index in [0.717, 1.165) is 11.1 Å². The van der Waals surface area contributed by atoms with Crippen LogP contribution in [-0.4, -0.2) is 20.9 Å². The third-order valence-corrected chi connectivity index (χ3v) is 7.43. The third-order valence-electron chi connectivity index (χ3n) is 5.66. The zero-order chi connectivity index (χ0) is 24.2. The van der Waals surface area contributed by atoms with Gasteiger partial charge in [-0.3, -0.25) is 9.10 Å². The van der Waals surface area contributed by atoms with Crippen molar-refractivity contribution in [3.05, 3.63) is 95.6 Å². The second kappa shape index (κ2) is 9.79. The third kappa shape index (κ3) is 5.82. The topological polar surface area (TPSA) is 66.5 Å². The fourth-order valence-electron chi connectivity index (χ4n) is 3.64. The number of sulfonamides is 1. The van der Waals surface area contributed by atoms with Gasteiger partial charge in [0.1, 0.15) is 6.54 Å². The Morgan fingerprint density at radius 1 is 0.909 bits per heavy atom. The molecular weight excluding hydrogens is 432 g/mol. The molecule has 1 N–H and O–H groups in total. The maximum Gasteiger partial charge on any atom is 0.264 e. The van der Waals surface area contributed by atoms with E-state index in [0.29, 0.717) is 5.69 Å². The van der Waals surface area contributed by atoms with Gasteiger partial charge < -0.3 is 5.32 Å². The lowest BCUT2D eigenvalue weighted by Gasteiger charge is -2.26. The van der Waals surface area contributed by atoms with E-state index >= 15 is 0 Å². The minimum atomic E-state index is -3.92. The van der Waals surface area contributed by atoms with Crippen LogP contribution in [0.25, 0.3) is 0 Å². The molecular formula is C27H32N2O3S. The number of hydrogen-bond donors (Lipinski definition) is 1. The van der Waals surface area contributed by atoms with E-state index in [1.807, 2.05) is 38.1 Å². The van der Waals surface area contributed by atoms with Crippen LogP contribution in [0.3, 0.4) is 0 Å². The lowest BCUT2D eigenvalue weighted by molar-refractivity contribution is -0.120. The molecule has 3 aromatic carbocycles. The van der Waals surface area contributed by atoms with Crippen molar-refractivity contribution in [2.45, 2.75) is 51.0 Å². The van der Waals surface area contributed by atoms with Crippen molar-refractivity contribution in [3.8, 4) is 0 Å². The molecule has 0 aliphatic heterocycles. The predicted molar refractivity (Wildman–Crippen MR) is 134 cm³/mol. The van der Waals surface area contributed by atoms with Crippen molar-refractivity contribution in [3.63, 3.8) is 0 Å². The maximum atomic E-state index is 13.5. The smallest absolute Gasteiger partial charge is 0.264 e. The summed E-state index contributed by atoms with van der Waals surface area (Å²) in [5.41, 5.74) is 3.48. The summed E-state index contributed by atoms with van der Waals surface area (Å²) in [5.74, 6) is -0.370. The van der Waals surface area contributed by atoms with Crippen LogP contribution < -0.4 is 9.62 Å². The molecule has 6 heteroatoms. The number of aryl methyl sites for hydroxylation is 1. The summed E-state index contributed by atoms with van der Waals surface area (Å²) in [6.07, 6.45) is 0. The van der Waals surface area contributed by atoms with Gasteiger partial charge in [0.2, 0.25) is 5.91 Å². The number of carbonyl (C=O) groups excluding carboxylic acids is 1. The van der Waals surface area contributed by atoms with Crippen LogP contribution in [0.4, 0.5) is 5.69 Å². The van der Waals surface area contributed by atoms with Gasteiger partial charge in [-0.15, -0.1) is 0 Å². The molecule has 3 aromatic rings. The van der Waals surface area contributed by atoms with E-state index < -0.39 is 10.0 Å². The summed E-state index contributed by atoms with van der Waals surface area (Å²) in [6, 6.07) is 23.2. The fourth-order valence-corrected chi connectivity index (χ4v) is 5.14. The van der Waals surface area contributed by atoms with Crippen molar-refractivity contribution < 1.29 is 13.2 Å². The molecule has 0 bridgehead atoms. The Morgan fingerprint density at radius 2 is 1.48 bits per heavy atom. The number of benzene rings is 3. The number of carbonyl (C=O) groups is 1. The number of hydrogen-bond acceptors (Lipinski definition) is 3. The number of anilines is 1. The van der Waals surface area contributed by atoms with Crippen molar-refractivity contribution in [2.75, 3.05) is 10.8 Å². The first-order chi connectivity index (χ1) is 15.5. The monoisotopic (exact) mass is 464 g/mol. The molecule has 3 rings (SSSR count). The largest absolute Gasteiger partial charge is 0.348 e. The Bertz CT molecular complexity index is 1200. The lowest BCUT2D eigenvalue weighted by atomic mass is 9.86. The van der Waals surface area contributed by atoms with E-state index in [1.165, 1.54) is 22.0 Å². The van der Waals surface area contributed by atoms with Crippen LogP contribution in [0.5, 0.6) is 0 Å². The summed E-state index contributed by atoms with van der Waals surface area (Å²) in [6.45, 7) is 9.88. The van der Waals surface area contributed by atoms with E-state index in [9.17, 15) is 13.2 Å². The van der Waals surface area contributed by atoms with Crippen LogP contribution in [0.1, 0.15) is 50.4 Å². The van der Waals surface area contributed by atoms with Crippen LogP contribution in [0.15, 0.2) is 83.8 Å². The molecule has 0 radical (unpaired) electrons. The SMILES string of the molecule is Cc1ccccc1N(CC(=O)NC(C)c1ccc(C(C)(C)C)cc1)S(=O)(=O)c1ccccc1. The van der Waals surface area contributed by atoms with Gasteiger partial charge in [-0.1, -0.05) is 81.4 Å². The minimum absolute atomic E-state index is 0.0465. The molecule has 33 heavy (non-hydrogen) atoms. The second-order valence-corrected chi connectivity index (χ2v) is 11.1. The Labute approximate surface area is 197 Å². The van der Waals surface area contributed by atoms with Gasteiger partial charge in [0, 0.05) is 0 Å². The van der Waals surface area contributed by atoms with Crippen molar-refractivity contribution in [1.82, 2.24) is 5.32 Å². The Balaban J connectivity index is 1.84. The van der Waals surface area contributed by atoms with Gasteiger partial charge in [-0.25, -0.2) is 8.42 Å². The summed E-state index contributed by atoms with van der Waals surface area (Å²) >= 11 is 0. The Kier molecular flexibility index (Phi) is 7.28. The first-order valence-corrected chi connectivity index (χ1v) is 12.5. The number of nitrogens with one attached hydrogen (secondary N) is 1. The molecule has 0 saturated carbocycles. The molecule has 1 atom stereocenters. The molecule has 1 amide bonds. The summed E-state index contributed by atoms with van der Waals surface area (Å²) < 4.78 is 28.1. The summed E-state index contributed by atoms with van der Waals surface area (Å²) in [4.78, 5) is 13.2. The highest BCUT2D eigenvalue weighted by Crippen LogP contribution is 2.27. The molecule has 0 saturated heterocycles. The quantitative estimate of drug-likeness (QED) is 0.511. The summed E-state index contributed by atoms with van der Waals surface area (Å²) in [5, 5.41) is 2.95. The molecule has 174 valence electrons. The van der Waals surface area contributed by atoms with Gasteiger partial charge in [0.25, 0.3) is 10.0 Å². The van der Waals surface area contributed by atoms with Crippen LogP contribution in [-0.2, 0) is 20.2 Å². The molecule has 1 unspecified atom stereocenters. The molecule has 0 aromatic heterocycles. The van der Waals surface area contributed by atoms with Crippen molar-refractivity contribution in [2.24, 2.45) is 0 Å². The van der Waals surface area contributed by atoms with Gasteiger partial charge in [-0.2, -0.15) is 0 Å². The predicted octanol–water partition coefficient (Wildman–Crippen LogP) is 5.37. The second-order valence-electron chi connectivity index (χ2n) is 9.27. The van der Waals surface area contributed by atoms with Crippen molar-refractivity contribution in [1.29, 1.82) is 0 Å². The summed E-state index contributed by atoms with van der Waals surface area (Å²) in [7, 11) is -3.92. The van der Waals surface area contributed by atoms with E-state index in [-0.39, 0.29) is 28.8 Å². The molecule has 0 aliphatic rings. The first-order valence-electron chi connectivity index (χ1n) is 11.0. The highest BCUT2D eigenvalue weighted by atomic mass is 32.2. The maximum absolute atomic E-state index is 13.5. The normalized spacial score (nSPS) is 12.8. The molecule has 5 nitrogen and oxygen atoms in total. The van der Waals surface area contributed by atoms with E-state index in [2.05, 4.69) is 38.2 Å². The lowest BCUT2D eigenvalue weighted by Crippen LogP contribution is -2.41. The highest BCUT2D eigenvalue weighted by Gasteiger charge is 2.28. The average molecular weight is 465 g/mol. The Morgan fingerprint density at radius 3 is 2.06 bits per heavy atom. The number of rotatable bonds is 7.